The van der Waals surface area contributed by atoms with Crippen LogP contribution in [0.2, 0.25) is 0 Å². The van der Waals surface area contributed by atoms with E-state index in [4.69, 9.17) is 5.10 Å². The van der Waals surface area contributed by atoms with Crippen molar-refractivity contribution in [2.75, 3.05) is 33.2 Å². The van der Waals surface area contributed by atoms with Crippen molar-refractivity contribution in [1.82, 2.24) is 24.1 Å². The van der Waals surface area contributed by atoms with Crippen molar-refractivity contribution in [2.24, 2.45) is 7.05 Å². The Morgan fingerprint density at radius 3 is 2.50 bits per heavy atom. The standard InChI is InChI=1S/C22H25N5O/c1-24-10-12-26(13-11-24)22(28)20-14-18-19(25(20)2)9-8-16-15-27(23-21(16)18)17-6-4-3-5-7-17/h3-7,14-15H,8-13H2,1-2H3. The van der Waals surface area contributed by atoms with Crippen molar-refractivity contribution >= 4 is 5.91 Å². The molecular formula is C22H25N5O. The zero-order valence-corrected chi connectivity index (χ0v) is 16.4. The number of fused-ring (bicyclic) bond motifs is 3. The number of para-hydroxylation sites is 1. The van der Waals surface area contributed by atoms with E-state index in [0.29, 0.717) is 0 Å². The molecule has 1 amide bonds. The minimum absolute atomic E-state index is 0.133. The van der Waals surface area contributed by atoms with Gasteiger partial charge >= 0.3 is 0 Å². The van der Waals surface area contributed by atoms with Gasteiger partial charge < -0.3 is 14.4 Å². The average Bonchev–Trinajstić information content (AvgIpc) is 3.30. The Bertz CT molecular complexity index is 1020. The molecule has 3 aromatic rings. The van der Waals surface area contributed by atoms with Gasteiger partial charge in [-0.25, -0.2) is 4.68 Å². The van der Waals surface area contributed by atoms with Gasteiger partial charge in [-0.1, -0.05) is 18.2 Å². The molecule has 0 atom stereocenters. The summed E-state index contributed by atoms with van der Waals surface area (Å²) < 4.78 is 4.04. The Balaban J connectivity index is 1.50. The van der Waals surface area contributed by atoms with E-state index in [1.165, 1.54) is 11.3 Å². The number of piperazine rings is 1. The first-order valence-corrected chi connectivity index (χ1v) is 9.92. The van der Waals surface area contributed by atoms with E-state index >= 15 is 0 Å². The number of hydrogen-bond acceptors (Lipinski definition) is 3. The number of carbonyl (C=O) groups is 1. The lowest BCUT2D eigenvalue weighted by Gasteiger charge is -2.32. The first-order chi connectivity index (χ1) is 13.6. The van der Waals surface area contributed by atoms with Crippen molar-refractivity contribution < 1.29 is 4.79 Å². The highest BCUT2D eigenvalue weighted by molar-refractivity contribution is 5.95. The highest BCUT2D eigenvalue weighted by Crippen LogP contribution is 2.35. The highest BCUT2D eigenvalue weighted by Gasteiger charge is 2.29. The van der Waals surface area contributed by atoms with Gasteiger partial charge in [0.2, 0.25) is 0 Å². The molecule has 2 aromatic heterocycles. The van der Waals surface area contributed by atoms with Gasteiger partial charge in [0.25, 0.3) is 5.91 Å². The number of rotatable bonds is 2. The first kappa shape index (κ1) is 17.3. The molecule has 3 heterocycles. The lowest BCUT2D eigenvalue weighted by Crippen LogP contribution is -2.47. The van der Waals surface area contributed by atoms with E-state index in [9.17, 15) is 4.79 Å². The summed E-state index contributed by atoms with van der Waals surface area (Å²) in [5.41, 5.74) is 6.41. The van der Waals surface area contributed by atoms with Crippen LogP contribution in [0.1, 0.15) is 21.7 Å². The molecule has 1 fully saturated rings. The van der Waals surface area contributed by atoms with Gasteiger partial charge in [0.05, 0.1) is 11.4 Å². The van der Waals surface area contributed by atoms with E-state index in [1.54, 1.807) is 0 Å². The van der Waals surface area contributed by atoms with Gasteiger partial charge in [-0.3, -0.25) is 4.79 Å². The topological polar surface area (TPSA) is 46.3 Å². The van der Waals surface area contributed by atoms with Crippen LogP contribution in [0.4, 0.5) is 0 Å². The molecule has 1 saturated heterocycles. The van der Waals surface area contributed by atoms with Gasteiger partial charge in [0.1, 0.15) is 5.69 Å². The molecule has 2 aliphatic rings. The molecule has 0 bridgehead atoms. The fourth-order valence-corrected chi connectivity index (χ4v) is 4.31. The number of benzene rings is 1. The molecule has 1 aliphatic heterocycles. The Morgan fingerprint density at radius 2 is 1.75 bits per heavy atom. The summed E-state index contributed by atoms with van der Waals surface area (Å²) in [5, 5.41) is 4.87. The summed E-state index contributed by atoms with van der Waals surface area (Å²) in [6.07, 6.45) is 4.02. The van der Waals surface area contributed by atoms with E-state index < -0.39 is 0 Å². The number of likely N-dealkylation sites (N-methyl/N-ethyl adjacent to an activating group) is 1. The second kappa shape index (κ2) is 6.63. The van der Waals surface area contributed by atoms with Gasteiger partial charge in [-0.15, -0.1) is 0 Å². The van der Waals surface area contributed by atoms with Gasteiger partial charge in [0.15, 0.2) is 0 Å². The number of hydrogen-bond donors (Lipinski definition) is 0. The minimum Gasteiger partial charge on any atom is -0.343 e. The van der Waals surface area contributed by atoms with Crippen LogP contribution in [0.5, 0.6) is 0 Å². The van der Waals surface area contributed by atoms with E-state index in [1.807, 2.05) is 34.8 Å². The maximum absolute atomic E-state index is 13.1. The number of aromatic nitrogens is 3. The van der Waals surface area contributed by atoms with Crippen molar-refractivity contribution in [3.63, 3.8) is 0 Å². The lowest BCUT2D eigenvalue weighted by atomic mass is 9.96. The van der Waals surface area contributed by atoms with Crippen LogP contribution in [0.15, 0.2) is 42.6 Å². The van der Waals surface area contributed by atoms with Crippen LogP contribution in [0.25, 0.3) is 16.9 Å². The summed E-state index contributed by atoms with van der Waals surface area (Å²) >= 11 is 0. The smallest absolute Gasteiger partial charge is 0.270 e. The number of aryl methyl sites for hydroxylation is 1. The number of amides is 1. The fraction of sp³-hybridized carbons (Fsp3) is 0.364. The summed E-state index contributed by atoms with van der Waals surface area (Å²) in [4.78, 5) is 17.4. The molecule has 5 rings (SSSR count). The largest absolute Gasteiger partial charge is 0.343 e. The third-order valence-corrected chi connectivity index (χ3v) is 6.06. The Morgan fingerprint density at radius 1 is 1.00 bits per heavy atom. The van der Waals surface area contributed by atoms with Crippen molar-refractivity contribution in [1.29, 1.82) is 0 Å². The van der Waals surface area contributed by atoms with Crippen LogP contribution < -0.4 is 0 Å². The maximum Gasteiger partial charge on any atom is 0.270 e. The summed E-state index contributed by atoms with van der Waals surface area (Å²) in [5.74, 6) is 0.133. The van der Waals surface area contributed by atoms with E-state index in [2.05, 4.69) is 40.9 Å². The average molecular weight is 375 g/mol. The molecule has 0 unspecified atom stereocenters. The summed E-state index contributed by atoms with van der Waals surface area (Å²) in [6, 6.07) is 12.2. The maximum atomic E-state index is 13.1. The van der Waals surface area contributed by atoms with Crippen LogP contribution in [0, 0.1) is 0 Å². The van der Waals surface area contributed by atoms with Crippen molar-refractivity contribution in [3.05, 3.63) is 59.5 Å². The zero-order chi connectivity index (χ0) is 19.3. The van der Waals surface area contributed by atoms with Crippen LogP contribution >= 0.6 is 0 Å². The van der Waals surface area contributed by atoms with E-state index in [-0.39, 0.29) is 5.91 Å². The second-order valence-corrected chi connectivity index (χ2v) is 7.83. The highest BCUT2D eigenvalue weighted by atomic mass is 16.2. The van der Waals surface area contributed by atoms with Gasteiger partial charge in [0, 0.05) is 50.7 Å². The first-order valence-electron chi connectivity index (χ1n) is 9.92. The molecule has 6 nitrogen and oxygen atoms in total. The third kappa shape index (κ3) is 2.76. The predicted molar refractivity (Wildman–Crippen MR) is 109 cm³/mol. The fourth-order valence-electron chi connectivity index (χ4n) is 4.31. The number of nitrogens with zero attached hydrogens (tertiary/aromatic N) is 5. The second-order valence-electron chi connectivity index (χ2n) is 7.83. The number of carbonyl (C=O) groups excluding carboxylic acids is 1. The molecule has 0 radical (unpaired) electrons. The molecule has 0 spiro atoms. The third-order valence-electron chi connectivity index (χ3n) is 6.06. The van der Waals surface area contributed by atoms with Crippen molar-refractivity contribution in [3.8, 4) is 16.9 Å². The quantitative estimate of drug-likeness (QED) is 0.691. The van der Waals surface area contributed by atoms with E-state index in [0.717, 1.165) is 61.7 Å². The zero-order valence-electron chi connectivity index (χ0n) is 16.4. The minimum atomic E-state index is 0.133. The molecule has 1 aromatic carbocycles. The molecule has 28 heavy (non-hydrogen) atoms. The molecular weight excluding hydrogens is 350 g/mol. The Hall–Kier alpha value is -2.86. The van der Waals surface area contributed by atoms with Crippen LogP contribution in [0.3, 0.4) is 0 Å². The van der Waals surface area contributed by atoms with Gasteiger partial charge in [-0.2, -0.15) is 5.10 Å². The molecule has 0 saturated carbocycles. The SMILES string of the molecule is CN1CCN(C(=O)c2cc3c(n2C)CCc2cn(-c4ccccc4)nc2-3)CC1. The molecule has 144 valence electrons. The molecule has 6 heteroatoms. The Kier molecular flexibility index (Phi) is 4.09. The molecule has 1 aliphatic carbocycles. The lowest BCUT2D eigenvalue weighted by molar-refractivity contribution is 0.0654. The summed E-state index contributed by atoms with van der Waals surface area (Å²) in [7, 11) is 4.12. The van der Waals surface area contributed by atoms with Gasteiger partial charge in [-0.05, 0) is 43.7 Å². The van der Waals surface area contributed by atoms with Crippen LogP contribution in [-0.2, 0) is 19.9 Å². The normalized spacial score (nSPS) is 16.7. The van der Waals surface area contributed by atoms with Crippen molar-refractivity contribution in [2.45, 2.75) is 12.8 Å². The predicted octanol–water partition coefficient (Wildman–Crippen LogP) is 2.36. The summed E-state index contributed by atoms with van der Waals surface area (Å²) in [6.45, 7) is 3.45. The van der Waals surface area contributed by atoms with Crippen LogP contribution in [-0.4, -0.2) is 63.3 Å². The molecule has 0 N–H and O–H groups in total. The monoisotopic (exact) mass is 375 g/mol. The Labute approximate surface area is 165 Å².